The van der Waals surface area contributed by atoms with Crippen molar-refractivity contribution >= 4 is 17.2 Å². The topological polar surface area (TPSA) is 48.1 Å². The molecular weight excluding hydrogens is 360 g/mol. The summed E-state index contributed by atoms with van der Waals surface area (Å²) in [5, 5.41) is 7.24. The average molecular weight is 383 g/mol. The van der Waals surface area contributed by atoms with E-state index in [9.17, 15) is 8.78 Å². The quantitative estimate of drug-likeness (QED) is 0.600. The molecule has 1 aliphatic heterocycles. The van der Waals surface area contributed by atoms with Crippen molar-refractivity contribution in [3.8, 4) is 0 Å². The SMILES string of the molecule is Cc1cc(CCCCCN2CN(c3cc(F)cc(F)c3)c3ncccc32)n[nH]1. The van der Waals surface area contributed by atoms with E-state index in [0.717, 1.165) is 61.2 Å². The molecule has 0 saturated heterocycles. The van der Waals surface area contributed by atoms with E-state index in [1.807, 2.05) is 24.0 Å². The first-order chi connectivity index (χ1) is 13.6. The van der Waals surface area contributed by atoms with Gasteiger partial charge in [-0.1, -0.05) is 6.42 Å². The molecule has 7 heteroatoms. The van der Waals surface area contributed by atoms with Crippen molar-refractivity contribution in [1.82, 2.24) is 15.2 Å². The molecule has 0 radical (unpaired) electrons. The lowest BCUT2D eigenvalue weighted by molar-refractivity contribution is 0.583. The fraction of sp³-hybridized carbons (Fsp3) is 0.333. The Morgan fingerprint density at radius 2 is 1.89 bits per heavy atom. The number of H-pyrrole nitrogens is 1. The molecule has 0 saturated carbocycles. The van der Waals surface area contributed by atoms with Gasteiger partial charge < -0.3 is 9.80 Å². The van der Waals surface area contributed by atoms with Crippen LogP contribution in [-0.2, 0) is 6.42 Å². The fourth-order valence-electron chi connectivity index (χ4n) is 3.64. The largest absolute Gasteiger partial charge is 0.350 e. The Morgan fingerprint density at radius 1 is 1.07 bits per heavy atom. The highest BCUT2D eigenvalue weighted by Gasteiger charge is 2.28. The second-order valence-electron chi connectivity index (χ2n) is 7.16. The third-order valence-corrected chi connectivity index (χ3v) is 4.95. The number of fused-ring (bicyclic) bond motifs is 1. The van der Waals surface area contributed by atoms with Gasteiger partial charge in [-0.2, -0.15) is 5.10 Å². The van der Waals surface area contributed by atoms with Gasteiger partial charge in [0.25, 0.3) is 0 Å². The number of pyridine rings is 1. The normalized spacial score (nSPS) is 13.2. The third kappa shape index (κ3) is 3.98. The number of hydrogen-bond donors (Lipinski definition) is 1. The molecule has 3 aromatic rings. The molecule has 1 aromatic carbocycles. The highest BCUT2D eigenvalue weighted by atomic mass is 19.1. The van der Waals surface area contributed by atoms with Crippen LogP contribution in [0.3, 0.4) is 0 Å². The Balaban J connectivity index is 1.38. The van der Waals surface area contributed by atoms with E-state index in [0.29, 0.717) is 12.4 Å². The van der Waals surface area contributed by atoms with Gasteiger partial charge in [0, 0.05) is 24.5 Å². The van der Waals surface area contributed by atoms with Crippen LogP contribution < -0.4 is 9.80 Å². The van der Waals surface area contributed by atoms with E-state index in [1.165, 1.54) is 12.1 Å². The summed E-state index contributed by atoms with van der Waals surface area (Å²) in [6.07, 6.45) is 5.88. The summed E-state index contributed by atoms with van der Waals surface area (Å²) < 4.78 is 27.4. The zero-order chi connectivity index (χ0) is 19.5. The van der Waals surface area contributed by atoms with Crippen LogP contribution in [0.15, 0.2) is 42.6 Å². The number of nitrogens with zero attached hydrogens (tertiary/aromatic N) is 4. The van der Waals surface area contributed by atoms with Crippen molar-refractivity contribution in [2.45, 2.75) is 32.6 Å². The van der Waals surface area contributed by atoms with Gasteiger partial charge in [0.1, 0.15) is 11.6 Å². The Morgan fingerprint density at radius 3 is 2.64 bits per heavy atom. The van der Waals surface area contributed by atoms with Crippen LogP contribution in [0.1, 0.15) is 30.7 Å². The van der Waals surface area contributed by atoms with Gasteiger partial charge in [0.15, 0.2) is 5.82 Å². The van der Waals surface area contributed by atoms with Crippen LogP contribution in [0, 0.1) is 18.6 Å². The summed E-state index contributed by atoms with van der Waals surface area (Å²) in [5.41, 5.74) is 3.67. The van der Waals surface area contributed by atoms with Gasteiger partial charge in [-0.3, -0.25) is 5.10 Å². The number of anilines is 3. The zero-order valence-electron chi connectivity index (χ0n) is 15.8. The van der Waals surface area contributed by atoms with E-state index in [4.69, 9.17) is 0 Å². The molecule has 2 aromatic heterocycles. The van der Waals surface area contributed by atoms with E-state index < -0.39 is 11.6 Å². The average Bonchev–Trinajstić information content (AvgIpc) is 3.24. The third-order valence-electron chi connectivity index (χ3n) is 4.95. The van der Waals surface area contributed by atoms with Crippen LogP contribution >= 0.6 is 0 Å². The number of aromatic amines is 1. The smallest absolute Gasteiger partial charge is 0.158 e. The van der Waals surface area contributed by atoms with Gasteiger partial charge in [0.2, 0.25) is 0 Å². The van der Waals surface area contributed by atoms with Crippen LogP contribution in [0.4, 0.5) is 26.0 Å². The molecule has 4 rings (SSSR count). The zero-order valence-corrected chi connectivity index (χ0v) is 15.8. The van der Waals surface area contributed by atoms with Crippen molar-refractivity contribution in [2.75, 3.05) is 23.0 Å². The Bertz CT molecular complexity index is 935. The standard InChI is InChI=1S/C21H23F2N5/c1-15-10-18(26-25-15)6-3-2-4-9-27-14-28(21-20(27)7-5-8-24-21)19-12-16(22)11-17(23)13-19/h5,7-8,10-13H,2-4,6,9,14H2,1H3,(H,25,26). The molecule has 146 valence electrons. The molecule has 3 heterocycles. The van der Waals surface area contributed by atoms with Crippen LogP contribution in [0.2, 0.25) is 0 Å². The molecule has 0 amide bonds. The Labute approximate surface area is 163 Å². The molecule has 0 aliphatic carbocycles. The molecular formula is C21H23F2N5. The summed E-state index contributed by atoms with van der Waals surface area (Å²) in [5.74, 6) is -0.432. The number of rotatable bonds is 7. The molecule has 1 aliphatic rings. The van der Waals surface area contributed by atoms with Crippen molar-refractivity contribution in [3.63, 3.8) is 0 Å². The number of unbranched alkanes of at least 4 members (excludes halogenated alkanes) is 2. The Hall–Kier alpha value is -2.96. The minimum atomic E-state index is -0.584. The number of aromatic nitrogens is 3. The maximum Gasteiger partial charge on any atom is 0.158 e. The number of benzene rings is 1. The van der Waals surface area contributed by atoms with E-state index in [-0.39, 0.29) is 0 Å². The number of hydrogen-bond acceptors (Lipinski definition) is 4. The molecule has 1 N–H and O–H groups in total. The van der Waals surface area contributed by atoms with E-state index in [2.05, 4.69) is 26.1 Å². The van der Waals surface area contributed by atoms with Gasteiger partial charge in [-0.25, -0.2) is 13.8 Å². The predicted octanol–water partition coefficient (Wildman–Crippen LogP) is 4.72. The highest BCUT2D eigenvalue weighted by Crippen LogP contribution is 2.39. The minimum Gasteiger partial charge on any atom is -0.350 e. The summed E-state index contributed by atoms with van der Waals surface area (Å²) in [4.78, 5) is 8.51. The monoisotopic (exact) mass is 383 g/mol. The van der Waals surface area contributed by atoms with Crippen LogP contribution in [0.25, 0.3) is 0 Å². The van der Waals surface area contributed by atoms with Crippen molar-refractivity contribution in [3.05, 3.63) is 65.6 Å². The molecule has 5 nitrogen and oxygen atoms in total. The number of nitrogens with one attached hydrogen (secondary N) is 1. The molecule has 0 fully saturated rings. The first-order valence-electron chi connectivity index (χ1n) is 9.54. The predicted molar refractivity (Wildman–Crippen MR) is 106 cm³/mol. The Kier molecular flexibility index (Phi) is 5.23. The summed E-state index contributed by atoms with van der Waals surface area (Å²) in [6, 6.07) is 9.55. The summed E-state index contributed by atoms with van der Waals surface area (Å²) in [6.45, 7) is 3.41. The first-order valence-corrected chi connectivity index (χ1v) is 9.54. The highest BCUT2D eigenvalue weighted by molar-refractivity contribution is 5.79. The number of halogens is 2. The van der Waals surface area contributed by atoms with Gasteiger partial charge >= 0.3 is 0 Å². The van der Waals surface area contributed by atoms with Crippen molar-refractivity contribution < 1.29 is 8.78 Å². The van der Waals surface area contributed by atoms with Crippen molar-refractivity contribution in [2.24, 2.45) is 0 Å². The van der Waals surface area contributed by atoms with Crippen LogP contribution in [-0.4, -0.2) is 28.4 Å². The lowest BCUT2D eigenvalue weighted by atomic mass is 10.1. The van der Waals surface area contributed by atoms with Crippen LogP contribution in [0.5, 0.6) is 0 Å². The molecule has 0 unspecified atom stereocenters. The lowest BCUT2D eigenvalue weighted by Crippen LogP contribution is -2.29. The maximum atomic E-state index is 13.7. The van der Waals surface area contributed by atoms with Gasteiger partial charge in [0.05, 0.1) is 23.7 Å². The van der Waals surface area contributed by atoms with Crippen molar-refractivity contribution in [1.29, 1.82) is 0 Å². The summed E-state index contributed by atoms with van der Waals surface area (Å²) >= 11 is 0. The second-order valence-corrected chi connectivity index (χ2v) is 7.16. The maximum absolute atomic E-state index is 13.7. The molecule has 0 atom stereocenters. The molecule has 28 heavy (non-hydrogen) atoms. The minimum absolute atomic E-state index is 0.480. The van der Waals surface area contributed by atoms with E-state index >= 15 is 0 Å². The van der Waals surface area contributed by atoms with Gasteiger partial charge in [-0.15, -0.1) is 0 Å². The molecule has 0 bridgehead atoms. The molecule has 0 spiro atoms. The van der Waals surface area contributed by atoms with E-state index in [1.54, 1.807) is 6.20 Å². The fourth-order valence-corrected chi connectivity index (χ4v) is 3.64. The lowest BCUT2D eigenvalue weighted by Gasteiger charge is -2.21. The second kappa shape index (κ2) is 7.96. The van der Waals surface area contributed by atoms with Gasteiger partial charge in [-0.05, 0) is 56.5 Å². The summed E-state index contributed by atoms with van der Waals surface area (Å²) in [7, 11) is 0. The first kappa shape index (κ1) is 18.4. The number of aryl methyl sites for hydroxylation is 2.